The fourth-order valence-electron chi connectivity index (χ4n) is 3.22. The molecule has 0 spiro atoms. The van der Waals surface area contributed by atoms with Crippen LogP contribution in [-0.4, -0.2) is 56.1 Å². The fourth-order valence-corrected chi connectivity index (χ4v) is 3.22. The Bertz CT molecular complexity index is 586. The highest BCUT2D eigenvalue weighted by Gasteiger charge is 2.52. The first-order valence-electron chi connectivity index (χ1n) is 9.22. The lowest BCUT2D eigenvalue weighted by Gasteiger charge is -2.32. The summed E-state index contributed by atoms with van der Waals surface area (Å²) in [5.41, 5.74) is 0.587. The number of hydrogen-bond acceptors (Lipinski definition) is 4. The Morgan fingerprint density at radius 3 is 2.32 bits per heavy atom. The third kappa shape index (κ3) is 4.25. The van der Waals surface area contributed by atoms with Gasteiger partial charge in [0.15, 0.2) is 0 Å². The molecule has 138 valence electrons. The Labute approximate surface area is 150 Å². The zero-order chi connectivity index (χ0) is 18.1. The molecule has 0 N–H and O–H groups in total. The van der Waals surface area contributed by atoms with Crippen LogP contribution >= 0.6 is 0 Å². The average Bonchev–Trinajstić information content (AvgIpc) is 2.76. The van der Waals surface area contributed by atoms with Crippen molar-refractivity contribution in [2.75, 3.05) is 32.8 Å². The molecule has 1 aromatic rings. The number of hydrogen-bond donors (Lipinski definition) is 0. The molecule has 1 aromatic carbocycles. The topological polar surface area (TPSA) is 30.9 Å². The van der Waals surface area contributed by atoms with Gasteiger partial charge in [0, 0.05) is 18.6 Å². The van der Waals surface area contributed by atoms with Crippen molar-refractivity contribution >= 4 is 12.6 Å². The maximum absolute atomic E-state index is 14.6. The molecule has 3 rings (SSSR count). The fraction of sp³-hybridized carbons (Fsp3) is 0.684. The molecule has 0 aromatic heterocycles. The largest absolute Gasteiger partial charge is 0.497 e. The summed E-state index contributed by atoms with van der Waals surface area (Å²) in [5, 5.41) is 0. The number of morpholine rings is 1. The molecule has 2 aliphatic heterocycles. The first-order chi connectivity index (χ1) is 11.8. The van der Waals surface area contributed by atoms with Crippen LogP contribution in [0.25, 0.3) is 0 Å². The number of benzene rings is 1. The highest BCUT2D eigenvalue weighted by Crippen LogP contribution is 2.36. The van der Waals surface area contributed by atoms with E-state index in [1.807, 2.05) is 39.8 Å². The molecule has 6 heteroatoms. The minimum atomic E-state index is -0.646. The van der Waals surface area contributed by atoms with Gasteiger partial charge in [-0.2, -0.15) is 0 Å². The van der Waals surface area contributed by atoms with E-state index in [0.717, 1.165) is 51.3 Å². The summed E-state index contributed by atoms with van der Waals surface area (Å²) in [6, 6.07) is 5.42. The van der Waals surface area contributed by atoms with Gasteiger partial charge >= 0.3 is 7.12 Å². The number of halogens is 1. The Morgan fingerprint density at radius 1 is 1.08 bits per heavy atom. The molecule has 0 unspecified atom stereocenters. The van der Waals surface area contributed by atoms with Gasteiger partial charge in [0.05, 0.1) is 24.4 Å². The molecular weight excluding hydrogens is 320 g/mol. The lowest BCUT2D eigenvalue weighted by molar-refractivity contribution is 0.00578. The average molecular weight is 349 g/mol. The van der Waals surface area contributed by atoms with E-state index in [2.05, 4.69) is 4.90 Å². The van der Waals surface area contributed by atoms with E-state index in [4.69, 9.17) is 14.0 Å². The molecular formula is C19H29BFNO3. The Morgan fingerprint density at radius 2 is 1.72 bits per heavy atom. The molecule has 0 atom stereocenters. The molecule has 25 heavy (non-hydrogen) atoms. The van der Waals surface area contributed by atoms with Gasteiger partial charge in [0.1, 0.15) is 5.82 Å². The van der Waals surface area contributed by atoms with Crippen LogP contribution in [0.3, 0.4) is 0 Å². The van der Waals surface area contributed by atoms with E-state index in [1.165, 1.54) is 0 Å². The normalized spacial score (nSPS) is 23.2. The van der Waals surface area contributed by atoms with E-state index < -0.39 is 18.3 Å². The molecule has 0 radical (unpaired) electrons. The van der Waals surface area contributed by atoms with Crippen molar-refractivity contribution in [3.8, 4) is 0 Å². The van der Waals surface area contributed by atoms with Crippen molar-refractivity contribution in [1.82, 2.24) is 4.90 Å². The highest BCUT2D eigenvalue weighted by molar-refractivity contribution is 6.62. The smallest absolute Gasteiger partial charge is 0.399 e. The zero-order valence-corrected chi connectivity index (χ0v) is 15.8. The highest BCUT2D eigenvalue weighted by atomic mass is 19.1. The third-order valence-electron chi connectivity index (χ3n) is 5.62. The maximum atomic E-state index is 14.6. The lowest BCUT2D eigenvalue weighted by atomic mass is 9.78. The van der Waals surface area contributed by atoms with Crippen molar-refractivity contribution in [3.05, 3.63) is 29.6 Å². The van der Waals surface area contributed by atoms with Crippen molar-refractivity contribution in [2.45, 2.75) is 51.7 Å². The summed E-state index contributed by atoms with van der Waals surface area (Å²) in [7, 11) is -0.646. The number of ether oxygens (including phenoxy) is 1. The van der Waals surface area contributed by atoms with E-state index in [0.29, 0.717) is 5.46 Å². The number of aryl methyl sites for hydroxylation is 1. The number of nitrogens with zero attached hydrogens (tertiary/aromatic N) is 1. The van der Waals surface area contributed by atoms with Crippen LogP contribution in [0, 0.1) is 5.82 Å². The van der Waals surface area contributed by atoms with Crippen LogP contribution in [0.5, 0.6) is 0 Å². The quantitative estimate of drug-likeness (QED) is 0.764. The summed E-state index contributed by atoms with van der Waals surface area (Å²) in [6.45, 7) is 12.6. The third-order valence-corrected chi connectivity index (χ3v) is 5.62. The minimum absolute atomic E-state index is 0.248. The molecule has 2 fully saturated rings. The monoisotopic (exact) mass is 349 g/mol. The van der Waals surface area contributed by atoms with Crippen LogP contribution in [0.4, 0.5) is 4.39 Å². The van der Waals surface area contributed by atoms with Gasteiger partial charge < -0.3 is 14.0 Å². The second kappa shape index (κ2) is 7.35. The Balaban J connectivity index is 1.58. The molecule has 0 saturated carbocycles. The first-order valence-corrected chi connectivity index (χ1v) is 9.22. The summed E-state index contributed by atoms with van der Waals surface area (Å²) in [4.78, 5) is 2.40. The lowest BCUT2D eigenvalue weighted by Crippen LogP contribution is -2.41. The van der Waals surface area contributed by atoms with E-state index in [9.17, 15) is 4.39 Å². The second-order valence-electron chi connectivity index (χ2n) is 8.00. The van der Waals surface area contributed by atoms with Gasteiger partial charge in [-0.3, -0.25) is 4.90 Å². The molecule has 0 aliphatic carbocycles. The Kier molecular flexibility index (Phi) is 5.54. The van der Waals surface area contributed by atoms with Crippen molar-refractivity contribution in [1.29, 1.82) is 0 Å². The van der Waals surface area contributed by atoms with Gasteiger partial charge in [-0.05, 0) is 58.7 Å². The van der Waals surface area contributed by atoms with Crippen molar-refractivity contribution in [3.63, 3.8) is 0 Å². The van der Waals surface area contributed by atoms with Gasteiger partial charge in [-0.25, -0.2) is 4.39 Å². The molecule has 2 saturated heterocycles. The predicted octanol–water partition coefficient (Wildman–Crippen LogP) is 2.39. The Hall–Kier alpha value is -0.945. The summed E-state index contributed by atoms with van der Waals surface area (Å²) >= 11 is 0. The molecule has 2 heterocycles. The maximum Gasteiger partial charge on any atom is 0.497 e. The summed E-state index contributed by atoms with van der Waals surface area (Å²) in [5.74, 6) is -0.248. The standard InChI is InChI=1S/C19H29BFNO3/c1-18(2)19(3,4)25-20(24-18)16-8-7-15(14-17(16)21)6-5-9-22-10-12-23-13-11-22/h7-8,14H,5-6,9-13H2,1-4H3. The second-order valence-corrected chi connectivity index (χ2v) is 8.00. The SMILES string of the molecule is CC1(C)OB(c2ccc(CCCN3CCOCC3)cc2F)OC1(C)C. The van der Waals surface area contributed by atoms with Gasteiger partial charge in [0.2, 0.25) is 0 Å². The number of rotatable bonds is 5. The van der Waals surface area contributed by atoms with Crippen molar-refractivity contribution < 1.29 is 18.4 Å². The zero-order valence-electron chi connectivity index (χ0n) is 15.8. The van der Waals surface area contributed by atoms with Crippen LogP contribution in [-0.2, 0) is 20.5 Å². The minimum Gasteiger partial charge on any atom is -0.399 e. The van der Waals surface area contributed by atoms with Crippen LogP contribution in [0.2, 0.25) is 0 Å². The summed E-state index contributed by atoms with van der Waals surface area (Å²) in [6.07, 6.45) is 1.90. The van der Waals surface area contributed by atoms with Crippen LogP contribution in [0.15, 0.2) is 18.2 Å². The predicted molar refractivity (Wildman–Crippen MR) is 97.7 cm³/mol. The molecule has 0 amide bonds. The van der Waals surface area contributed by atoms with Crippen LogP contribution in [0.1, 0.15) is 39.7 Å². The first kappa shape index (κ1) is 18.8. The van der Waals surface area contributed by atoms with E-state index in [-0.39, 0.29) is 5.82 Å². The van der Waals surface area contributed by atoms with Gasteiger partial charge in [-0.15, -0.1) is 0 Å². The summed E-state index contributed by atoms with van der Waals surface area (Å²) < 4.78 is 31.9. The van der Waals surface area contributed by atoms with Gasteiger partial charge in [0.25, 0.3) is 0 Å². The van der Waals surface area contributed by atoms with E-state index >= 15 is 0 Å². The van der Waals surface area contributed by atoms with Crippen LogP contribution < -0.4 is 5.46 Å². The van der Waals surface area contributed by atoms with Gasteiger partial charge in [-0.1, -0.05) is 12.1 Å². The molecule has 2 aliphatic rings. The van der Waals surface area contributed by atoms with E-state index in [1.54, 1.807) is 6.07 Å². The molecule has 4 nitrogen and oxygen atoms in total. The molecule has 0 bridgehead atoms. The van der Waals surface area contributed by atoms with Crippen molar-refractivity contribution in [2.24, 2.45) is 0 Å².